The smallest absolute Gasteiger partial charge is 0.258 e. The van der Waals surface area contributed by atoms with Crippen molar-refractivity contribution in [1.29, 1.82) is 5.26 Å². The van der Waals surface area contributed by atoms with Crippen LogP contribution in [0.1, 0.15) is 11.1 Å². The number of nitro benzene ring substituents is 1. The molecule has 0 heterocycles. The van der Waals surface area contributed by atoms with Gasteiger partial charge in [-0.15, -0.1) is 0 Å². The van der Waals surface area contributed by atoms with Crippen LogP contribution >= 0.6 is 11.8 Å². The van der Waals surface area contributed by atoms with E-state index < -0.39 is 4.92 Å². The van der Waals surface area contributed by atoms with Crippen LogP contribution in [0.4, 0.5) is 5.69 Å². The SMILES string of the molecule is Cc1ccc(Sc2ccc(C#N)cc2[N+](=O)[O-])cc1. The first-order chi connectivity index (χ1) is 9.10. The van der Waals surface area contributed by atoms with Crippen LogP contribution in [-0.2, 0) is 0 Å². The highest BCUT2D eigenvalue weighted by Gasteiger charge is 2.15. The molecule has 0 aliphatic heterocycles. The van der Waals surface area contributed by atoms with Crippen molar-refractivity contribution in [3.63, 3.8) is 0 Å². The molecule has 0 bridgehead atoms. The van der Waals surface area contributed by atoms with Gasteiger partial charge in [-0.3, -0.25) is 10.1 Å². The second-order valence-electron chi connectivity index (χ2n) is 3.97. The Morgan fingerprint density at radius 3 is 2.47 bits per heavy atom. The normalized spacial score (nSPS) is 9.89. The molecule has 2 rings (SSSR count). The van der Waals surface area contributed by atoms with E-state index in [0.29, 0.717) is 10.5 Å². The molecule has 0 saturated carbocycles. The molecule has 0 unspecified atom stereocenters. The van der Waals surface area contributed by atoms with Gasteiger partial charge in [-0.25, -0.2) is 0 Å². The lowest BCUT2D eigenvalue weighted by atomic mass is 10.2. The lowest BCUT2D eigenvalue weighted by Crippen LogP contribution is -1.92. The fourth-order valence-electron chi connectivity index (χ4n) is 1.55. The molecule has 94 valence electrons. The van der Waals surface area contributed by atoms with Gasteiger partial charge in [0, 0.05) is 11.0 Å². The maximum atomic E-state index is 11.0. The Bertz CT molecular complexity index is 660. The Hall–Kier alpha value is -2.32. The number of hydrogen-bond donors (Lipinski definition) is 0. The maximum Gasteiger partial charge on any atom is 0.284 e. The van der Waals surface area contributed by atoms with Crippen molar-refractivity contribution in [2.75, 3.05) is 0 Å². The van der Waals surface area contributed by atoms with Gasteiger partial charge in [0.1, 0.15) is 0 Å². The molecule has 0 aromatic heterocycles. The number of aryl methyl sites for hydroxylation is 1. The van der Waals surface area contributed by atoms with Crippen molar-refractivity contribution < 1.29 is 4.92 Å². The van der Waals surface area contributed by atoms with Crippen LogP contribution < -0.4 is 0 Å². The number of benzene rings is 2. The first-order valence-electron chi connectivity index (χ1n) is 5.53. The highest BCUT2D eigenvalue weighted by molar-refractivity contribution is 7.99. The topological polar surface area (TPSA) is 66.9 Å². The molecule has 0 spiro atoms. The second kappa shape index (κ2) is 5.55. The molecular weight excluding hydrogens is 260 g/mol. The van der Waals surface area contributed by atoms with Crippen LogP contribution in [0.2, 0.25) is 0 Å². The van der Waals surface area contributed by atoms with E-state index in [-0.39, 0.29) is 5.69 Å². The third-order valence-corrected chi connectivity index (χ3v) is 3.61. The summed E-state index contributed by atoms with van der Waals surface area (Å²) in [4.78, 5) is 12.0. The highest BCUT2D eigenvalue weighted by Crippen LogP contribution is 2.35. The van der Waals surface area contributed by atoms with Crippen molar-refractivity contribution >= 4 is 17.4 Å². The van der Waals surface area contributed by atoms with Gasteiger partial charge in [0.15, 0.2) is 0 Å². The average Bonchev–Trinajstić information content (AvgIpc) is 2.41. The van der Waals surface area contributed by atoms with Crippen LogP contribution in [0.3, 0.4) is 0 Å². The van der Waals surface area contributed by atoms with Crippen molar-refractivity contribution in [3.8, 4) is 6.07 Å². The van der Waals surface area contributed by atoms with E-state index >= 15 is 0 Å². The average molecular weight is 270 g/mol. The fourth-order valence-corrected chi connectivity index (χ4v) is 2.45. The summed E-state index contributed by atoms with van der Waals surface area (Å²) in [6, 6.07) is 14.2. The Labute approximate surface area is 114 Å². The predicted molar refractivity (Wildman–Crippen MR) is 73.1 cm³/mol. The summed E-state index contributed by atoms with van der Waals surface area (Å²) in [6.45, 7) is 1.98. The third-order valence-electron chi connectivity index (χ3n) is 2.53. The van der Waals surface area contributed by atoms with Gasteiger partial charge in [0.25, 0.3) is 5.69 Å². The van der Waals surface area contributed by atoms with E-state index in [4.69, 9.17) is 5.26 Å². The van der Waals surface area contributed by atoms with Crippen LogP contribution in [0.25, 0.3) is 0 Å². The number of nitriles is 1. The van der Waals surface area contributed by atoms with Crippen LogP contribution in [0.5, 0.6) is 0 Å². The molecule has 0 radical (unpaired) electrons. The largest absolute Gasteiger partial charge is 0.284 e. The molecule has 0 fully saturated rings. The molecule has 19 heavy (non-hydrogen) atoms. The minimum atomic E-state index is -0.461. The molecule has 0 amide bonds. The Balaban J connectivity index is 2.37. The fraction of sp³-hybridized carbons (Fsp3) is 0.0714. The van der Waals surface area contributed by atoms with Crippen molar-refractivity contribution in [2.24, 2.45) is 0 Å². The molecule has 0 saturated heterocycles. The monoisotopic (exact) mass is 270 g/mol. The van der Waals surface area contributed by atoms with Gasteiger partial charge < -0.3 is 0 Å². The van der Waals surface area contributed by atoms with E-state index in [1.807, 2.05) is 37.3 Å². The van der Waals surface area contributed by atoms with Gasteiger partial charge in [-0.2, -0.15) is 5.26 Å². The standard InChI is InChI=1S/C14H10N2O2S/c1-10-2-5-12(6-3-10)19-14-7-4-11(9-15)8-13(14)16(17)18/h2-8H,1H3. The zero-order valence-corrected chi connectivity index (χ0v) is 11.0. The van der Waals surface area contributed by atoms with Crippen LogP contribution in [-0.4, -0.2) is 4.92 Å². The summed E-state index contributed by atoms with van der Waals surface area (Å²) in [5.74, 6) is 0. The zero-order chi connectivity index (χ0) is 13.8. The van der Waals surface area contributed by atoms with Crippen molar-refractivity contribution in [3.05, 3.63) is 63.7 Å². The lowest BCUT2D eigenvalue weighted by Gasteiger charge is -2.03. The molecule has 5 heteroatoms. The maximum absolute atomic E-state index is 11.0. The number of hydrogen-bond acceptors (Lipinski definition) is 4. The number of nitro groups is 1. The number of nitrogens with zero attached hydrogens (tertiary/aromatic N) is 2. The van der Waals surface area contributed by atoms with Gasteiger partial charge in [0.2, 0.25) is 0 Å². The van der Waals surface area contributed by atoms with E-state index in [1.54, 1.807) is 12.1 Å². The molecule has 2 aromatic rings. The summed E-state index contributed by atoms with van der Waals surface area (Å²) < 4.78 is 0. The minimum absolute atomic E-state index is 0.0374. The molecular formula is C14H10N2O2S. The summed E-state index contributed by atoms with van der Waals surface area (Å²) in [5, 5.41) is 19.8. The van der Waals surface area contributed by atoms with Gasteiger partial charge in [-0.1, -0.05) is 29.5 Å². The van der Waals surface area contributed by atoms with Crippen molar-refractivity contribution in [1.82, 2.24) is 0 Å². The molecule has 0 atom stereocenters. The number of rotatable bonds is 3. The first kappa shape index (κ1) is 13.1. The Morgan fingerprint density at radius 1 is 1.21 bits per heavy atom. The van der Waals surface area contributed by atoms with Gasteiger partial charge in [-0.05, 0) is 31.2 Å². The van der Waals surface area contributed by atoms with Crippen LogP contribution in [0, 0.1) is 28.4 Å². The second-order valence-corrected chi connectivity index (χ2v) is 5.08. The highest BCUT2D eigenvalue weighted by atomic mass is 32.2. The Morgan fingerprint density at radius 2 is 1.89 bits per heavy atom. The zero-order valence-electron chi connectivity index (χ0n) is 10.2. The third kappa shape index (κ3) is 3.12. The first-order valence-corrected chi connectivity index (χ1v) is 6.35. The molecule has 0 N–H and O–H groups in total. The summed E-state index contributed by atoms with van der Waals surface area (Å²) >= 11 is 1.32. The molecule has 2 aromatic carbocycles. The van der Waals surface area contributed by atoms with E-state index in [1.165, 1.54) is 17.8 Å². The van der Waals surface area contributed by atoms with E-state index in [9.17, 15) is 10.1 Å². The summed E-state index contributed by atoms with van der Waals surface area (Å²) in [6.07, 6.45) is 0. The predicted octanol–water partition coefficient (Wildman–Crippen LogP) is 3.93. The molecule has 0 aliphatic rings. The van der Waals surface area contributed by atoms with Crippen LogP contribution in [0.15, 0.2) is 52.3 Å². The van der Waals surface area contributed by atoms with Crippen molar-refractivity contribution in [2.45, 2.75) is 16.7 Å². The van der Waals surface area contributed by atoms with Gasteiger partial charge >= 0.3 is 0 Å². The summed E-state index contributed by atoms with van der Waals surface area (Å²) in [7, 11) is 0. The lowest BCUT2D eigenvalue weighted by molar-refractivity contribution is -0.387. The quantitative estimate of drug-likeness (QED) is 0.626. The molecule has 4 nitrogen and oxygen atoms in total. The Kier molecular flexibility index (Phi) is 3.83. The van der Waals surface area contributed by atoms with E-state index in [0.717, 1.165) is 10.5 Å². The minimum Gasteiger partial charge on any atom is -0.258 e. The summed E-state index contributed by atoms with van der Waals surface area (Å²) in [5.41, 5.74) is 1.39. The van der Waals surface area contributed by atoms with Gasteiger partial charge in [0.05, 0.1) is 21.5 Å². The molecule has 0 aliphatic carbocycles. The van der Waals surface area contributed by atoms with E-state index in [2.05, 4.69) is 0 Å².